The fourth-order valence-electron chi connectivity index (χ4n) is 3.63. The molecule has 1 heterocycles. The zero-order valence-corrected chi connectivity index (χ0v) is 11.5. The molecule has 0 saturated heterocycles. The Morgan fingerprint density at radius 1 is 1.29 bits per heavy atom. The van der Waals surface area contributed by atoms with Crippen LogP contribution in [0.15, 0.2) is 12.4 Å². The standard InChI is InChI=1S/C14H25N3/c1-13(2)5-12(6-14(3,4)10-13)15-7-11-8-16-17-9-11/h8-9,12,15H,5-7,10H2,1-4H3,(H,16,17). The van der Waals surface area contributed by atoms with E-state index in [1.807, 2.05) is 12.4 Å². The second-order valence-corrected chi connectivity index (χ2v) is 7.10. The number of hydrogen-bond donors (Lipinski definition) is 2. The van der Waals surface area contributed by atoms with Crippen LogP contribution in [0.5, 0.6) is 0 Å². The van der Waals surface area contributed by atoms with Crippen LogP contribution in [0, 0.1) is 10.8 Å². The van der Waals surface area contributed by atoms with E-state index in [4.69, 9.17) is 0 Å². The number of nitrogens with one attached hydrogen (secondary N) is 2. The highest BCUT2D eigenvalue weighted by Crippen LogP contribution is 2.45. The van der Waals surface area contributed by atoms with E-state index in [9.17, 15) is 0 Å². The Bertz CT molecular complexity index is 336. The van der Waals surface area contributed by atoms with Crippen LogP contribution in [0.4, 0.5) is 0 Å². The van der Waals surface area contributed by atoms with Gasteiger partial charge in [0.1, 0.15) is 0 Å². The van der Waals surface area contributed by atoms with Gasteiger partial charge in [-0.05, 0) is 30.1 Å². The summed E-state index contributed by atoms with van der Waals surface area (Å²) in [7, 11) is 0. The summed E-state index contributed by atoms with van der Waals surface area (Å²) in [6.07, 6.45) is 7.73. The molecule has 1 saturated carbocycles. The fourth-order valence-corrected chi connectivity index (χ4v) is 3.63. The Balaban J connectivity index is 1.92. The summed E-state index contributed by atoms with van der Waals surface area (Å²) < 4.78 is 0. The van der Waals surface area contributed by atoms with Gasteiger partial charge in [-0.3, -0.25) is 5.10 Å². The molecule has 0 radical (unpaired) electrons. The summed E-state index contributed by atoms with van der Waals surface area (Å²) in [6.45, 7) is 10.5. The molecule has 0 aliphatic heterocycles. The van der Waals surface area contributed by atoms with Gasteiger partial charge < -0.3 is 5.32 Å². The highest BCUT2D eigenvalue weighted by atomic mass is 15.1. The normalized spacial score (nSPS) is 23.8. The van der Waals surface area contributed by atoms with E-state index < -0.39 is 0 Å². The van der Waals surface area contributed by atoms with E-state index in [-0.39, 0.29) is 0 Å². The molecule has 2 N–H and O–H groups in total. The Kier molecular flexibility index (Phi) is 3.30. The minimum Gasteiger partial charge on any atom is -0.310 e. The highest BCUT2D eigenvalue weighted by molar-refractivity contribution is 5.02. The second kappa shape index (κ2) is 4.45. The zero-order valence-electron chi connectivity index (χ0n) is 11.5. The van der Waals surface area contributed by atoms with Crippen molar-refractivity contribution in [3.8, 4) is 0 Å². The summed E-state index contributed by atoms with van der Waals surface area (Å²) >= 11 is 0. The van der Waals surface area contributed by atoms with Gasteiger partial charge >= 0.3 is 0 Å². The van der Waals surface area contributed by atoms with Crippen molar-refractivity contribution >= 4 is 0 Å². The Morgan fingerprint density at radius 3 is 2.47 bits per heavy atom. The monoisotopic (exact) mass is 235 g/mol. The number of H-pyrrole nitrogens is 1. The average molecular weight is 235 g/mol. The minimum atomic E-state index is 0.454. The van der Waals surface area contributed by atoms with Crippen LogP contribution in [-0.4, -0.2) is 16.2 Å². The first-order chi connectivity index (χ1) is 7.86. The summed E-state index contributed by atoms with van der Waals surface area (Å²) in [5, 5.41) is 10.5. The van der Waals surface area contributed by atoms with Crippen molar-refractivity contribution in [2.45, 2.75) is 59.5 Å². The second-order valence-electron chi connectivity index (χ2n) is 7.10. The largest absolute Gasteiger partial charge is 0.310 e. The molecule has 1 aromatic rings. The summed E-state index contributed by atoms with van der Waals surface area (Å²) in [5.41, 5.74) is 2.15. The molecule has 0 amide bonds. The molecule has 0 spiro atoms. The zero-order chi connectivity index (χ0) is 12.5. The molecule has 96 valence electrons. The molecule has 3 nitrogen and oxygen atoms in total. The van der Waals surface area contributed by atoms with Crippen LogP contribution >= 0.6 is 0 Å². The van der Waals surface area contributed by atoms with Gasteiger partial charge in [-0.2, -0.15) is 5.10 Å². The third-order valence-corrected chi connectivity index (χ3v) is 3.70. The van der Waals surface area contributed by atoms with Crippen molar-refractivity contribution in [2.24, 2.45) is 10.8 Å². The van der Waals surface area contributed by atoms with Crippen molar-refractivity contribution in [3.05, 3.63) is 18.0 Å². The molecule has 2 rings (SSSR count). The number of aromatic nitrogens is 2. The first kappa shape index (κ1) is 12.6. The van der Waals surface area contributed by atoms with E-state index in [1.165, 1.54) is 24.8 Å². The molecule has 0 atom stereocenters. The van der Waals surface area contributed by atoms with Crippen molar-refractivity contribution in [1.29, 1.82) is 0 Å². The number of rotatable bonds is 3. The average Bonchev–Trinajstić information content (AvgIpc) is 2.61. The quantitative estimate of drug-likeness (QED) is 0.845. The van der Waals surface area contributed by atoms with Gasteiger partial charge in [-0.1, -0.05) is 27.7 Å². The summed E-state index contributed by atoms with van der Waals surface area (Å²) in [5.74, 6) is 0. The topological polar surface area (TPSA) is 40.7 Å². The number of aromatic amines is 1. The van der Waals surface area contributed by atoms with E-state index in [2.05, 4.69) is 43.2 Å². The lowest BCUT2D eigenvalue weighted by Crippen LogP contribution is -2.43. The maximum absolute atomic E-state index is 3.98. The number of hydrogen-bond acceptors (Lipinski definition) is 2. The molecule has 1 aliphatic carbocycles. The third kappa shape index (κ3) is 3.56. The smallest absolute Gasteiger partial charge is 0.0532 e. The van der Waals surface area contributed by atoms with E-state index in [1.54, 1.807) is 0 Å². The molecule has 3 heteroatoms. The summed E-state index contributed by atoms with van der Waals surface area (Å²) in [4.78, 5) is 0. The van der Waals surface area contributed by atoms with Gasteiger partial charge in [-0.15, -0.1) is 0 Å². The lowest BCUT2D eigenvalue weighted by molar-refractivity contribution is 0.0845. The lowest BCUT2D eigenvalue weighted by atomic mass is 9.63. The lowest BCUT2D eigenvalue weighted by Gasteiger charge is -2.45. The predicted molar refractivity (Wildman–Crippen MR) is 70.6 cm³/mol. The van der Waals surface area contributed by atoms with Crippen molar-refractivity contribution in [1.82, 2.24) is 15.5 Å². The van der Waals surface area contributed by atoms with Crippen LogP contribution < -0.4 is 5.32 Å². The Labute approximate surface area is 104 Å². The van der Waals surface area contributed by atoms with Gasteiger partial charge in [0.15, 0.2) is 0 Å². The first-order valence-corrected chi connectivity index (χ1v) is 6.57. The van der Waals surface area contributed by atoms with E-state index >= 15 is 0 Å². The molecule has 0 unspecified atom stereocenters. The van der Waals surface area contributed by atoms with E-state index in [0.717, 1.165) is 6.54 Å². The first-order valence-electron chi connectivity index (χ1n) is 6.57. The molecule has 1 fully saturated rings. The predicted octanol–water partition coefficient (Wildman–Crippen LogP) is 3.10. The molecule has 0 bridgehead atoms. The molecule has 17 heavy (non-hydrogen) atoms. The third-order valence-electron chi connectivity index (χ3n) is 3.70. The van der Waals surface area contributed by atoms with Crippen LogP contribution in [0.3, 0.4) is 0 Å². The maximum Gasteiger partial charge on any atom is 0.0532 e. The van der Waals surface area contributed by atoms with E-state index in [0.29, 0.717) is 16.9 Å². The molecule has 1 aromatic heterocycles. The van der Waals surface area contributed by atoms with Gasteiger partial charge in [0, 0.05) is 24.3 Å². The molecular formula is C14H25N3. The SMILES string of the molecule is CC1(C)CC(NCc2cn[nH]c2)CC(C)(C)C1. The molecular weight excluding hydrogens is 210 g/mol. The Morgan fingerprint density at radius 2 is 1.94 bits per heavy atom. The van der Waals surface area contributed by atoms with Crippen molar-refractivity contribution in [2.75, 3.05) is 0 Å². The van der Waals surface area contributed by atoms with Crippen LogP contribution in [0.1, 0.15) is 52.5 Å². The number of nitrogens with zero attached hydrogens (tertiary/aromatic N) is 1. The van der Waals surface area contributed by atoms with Crippen LogP contribution in [0.2, 0.25) is 0 Å². The molecule has 1 aliphatic rings. The fraction of sp³-hybridized carbons (Fsp3) is 0.786. The molecule has 0 aromatic carbocycles. The van der Waals surface area contributed by atoms with Crippen LogP contribution in [0.25, 0.3) is 0 Å². The van der Waals surface area contributed by atoms with Gasteiger partial charge in [0.2, 0.25) is 0 Å². The Hall–Kier alpha value is -0.830. The van der Waals surface area contributed by atoms with Gasteiger partial charge in [0.05, 0.1) is 6.20 Å². The van der Waals surface area contributed by atoms with Crippen LogP contribution in [-0.2, 0) is 6.54 Å². The van der Waals surface area contributed by atoms with Crippen molar-refractivity contribution < 1.29 is 0 Å². The summed E-state index contributed by atoms with van der Waals surface area (Å²) in [6, 6.07) is 0.628. The van der Waals surface area contributed by atoms with Crippen molar-refractivity contribution in [3.63, 3.8) is 0 Å². The maximum atomic E-state index is 3.98. The minimum absolute atomic E-state index is 0.454. The highest BCUT2D eigenvalue weighted by Gasteiger charge is 2.38. The van der Waals surface area contributed by atoms with Gasteiger partial charge in [-0.25, -0.2) is 0 Å². The van der Waals surface area contributed by atoms with Gasteiger partial charge in [0.25, 0.3) is 0 Å².